The quantitative estimate of drug-likeness (QED) is 0.269. The van der Waals surface area contributed by atoms with Crippen LogP contribution in [0.1, 0.15) is 16.2 Å². The molecule has 0 saturated carbocycles. The van der Waals surface area contributed by atoms with Crippen LogP contribution in [-0.2, 0) is 11.3 Å². The van der Waals surface area contributed by atoms with Crippen molar-refractivity contribution < 1.29 is 42.0 Å². The second-order valence-electron chi connectivity index (χ2n) is 5.97. The first-order chi connectivity index (χ1) is 15.3. The Hall–Kier alpha value is -4.29. The first kappa shape index (κ1) is 22.4. The standard InChI is InChI=1S/C19H15F2N3O8/c1-28-11-5-3-10(4-6-11)17-22-16(32-23-17)9-30-18(25)12-7-14(29-2)15(31-19(20)21)8-13(12)24(26)27/h3-8,19H,9H2,1-2H3. The van der Waals surface area contributed by atoms with Gasteiger partial charge < -0.3 is 23.5 Å². The predicted molar refractivity (Wildman–Crippen MR) is 102 cm³/mol. The lowest BCUT2D eigenvalue weighted by molar-refractivity contribution is -0.385. The maximum atomic E-state index is 12.5. The van der Waals surface area contributed by atoms with Crippen LogP contribution >= 0.6 is 0 Å². The van der Waals surface area contributed by atoms with Crippen LogP contribution in [0.3, 0.4) is 0 Å². The smallest absolute Gasteiger partial charge is 0.387 e. The van der Waals surface area contributed by atoms with Crippen molar-refractivity contribution in [2.24, 2.45) is 0 Å². The number of hydrogen-bond acceptors (Lipinski definition) is 10. The van der Waals surface area contributed by atoms with Crippen LogP contribution in [0.2, 0.25) is 0 Å². The van der Waals surface area contributed by atoms with Crippen LogP contribution in [0.25, 0.3) is 11.4 Å². The van der Waals surface area contributed by atoms with Crippen LogP contribution < -0.4 is 14.2 Å². The van der Waals surface area contributed by atoms with Gasteiger partial charge in [0.05, 0.1) is 25.2 Å². The monoisotopic (exact) mass is 451 g/mol. The van der Waals surface area contributed by atoms with Gasteiger partial charge in [0, 0.05) is 11.6 Å². The van der Waals surface area contributed by atoms with Gasteiger partial charge in [0.15, 0.2) is 18.1 Å². The van der Waals surface area contributed by atoms with Crippen molar-refractivity contribution in [3.8, 4) is 28.6 Å². The van der Waals surface area contributed by atoms with E-state index in [9.17, 15) is 23.7 Å². The topological polar surface area (TPSA) is 136 Å². The molecule has 13 heteroatoms. The Labute approximate surface area is 178 Å². The van der Waals surface area contributed by atoms with Gasteiger partial charge in [0.2, 0.25) is 5.82 Å². The molecule has 0 N–H and O–H groups in total. The number of halogens is 2. The fourth-order valence-electron chi connectivity index (χ4n) is 2.59. The molecule has 0 bridgehead atoms. The minimum Gasteiger partial charge on any atom is -0.497 e. The number of carbonyl (C=O) groups is 1. The molecule has 168 valence electrons. The summed E-state index contributed by atoms with van der Waals surface area (Å²) in [5.41, 5.74) is -0.735. The zero-order valence-electron chi connectivity index (χ0n) is 16.6. The third-order valence-electron chi connectivity index (χ3n) is 4.06. The predicted octanol–water partition coefficient (Wildman–Crippen LogP) is 3.62. The Bertz CT molecular complexity index is 1120. The summed E-state index contributed by atoms with van der Waals surface area (Å²) in [5.74, 6) is -1.28. The highest BCUT2D eigenvalue weighted by Gasteiger charge is 2.27. The maximum Gasteiger partial charge on any atom is 0.387 e. The van der Waals surface area contributed by atoms with E-state index in [1.807, 2.05) is 0 Å². The molecule has 0 aliphatic rings. The van der Waals surface area contributed by atoms with E-state index in [4.69, 9.17) is 18.7 Å². The number of aromatic nitrogens is 2. The minimum atomic E-state index is -3.25. The van der Waals surface area contributed by atoms with Gasteiger partial charge in [-0.2, -0.15) is 13.8 Å². The molecule has 3 rings (SSSR count). The number of nitro groups is 1. The van der Waals surface area contributed by atoms with Gasteiger partial charge in [-0.3, -0.25) is 10.1 Å². The molecule has 0 atom stereocenters. The van der Waals surface area contributed by atoms with Crippen LogP contribution in [-0.4, -0.2) is 41.9 Å². The summed E-state index contributed by atoms with van der Waals surface area (Å²) in [6.45, 7) is -3.74. The molecule has 2 aromatic carbocycles. The summed E-state index contributed by atoms with van der Waals surface area (Å²) in [5, 5.41) is 15.1. The number of hydrogen-bond donors (Lipinski definition) is 0. The zero-order chi connectivity index (χ0) is 23.3. The van der Waals surface area contributed by atoms with Crippen LogP contribution in [0.15, 0.2) is 40.9 Å². The lowest BCUT2D eigenvalue weighted by Crippen LogP contribution is -2.11. The normalized spacial score (nSPS) is 10.7. The molecule has 0 aliphatic carbocycles. The van der Waals surface area contributed by atoms with E-state index in [0.29, 0.717) is 17.4 Å². The van der Waals surface area contributed by atoms with Gasteiger partial charge in [-0.05, 0) is 24.3 Å². The summed E-state index contributed by atoms with van der Waals surface area (Å²) in [7, 11) is 2.64. The molecule has 0 saturated heterocycles. The molecular formula is C19H15F2N3O8. The first-order valence-corrected chi connectivity index (χ1v) is 8.77. The van der Waals surface area contributed by atoms with Crippen molar-refractivity contribution in [2.75, 3.05) is 14.2 Å². The minimum absolute atomic E-state index is 0.0727. The second kappa shape index (κ2) is 9.68. The Morgan fingerprint density at radius 2 is 1.88 bits per heavy atom. The number of methoxy groups -OCH3 is 2. The molecule has 11 nitrogen and oxygen atoms in total. The molecule has 0 radical (unpaired) electrons. The number of nitro benzene ring substituents is 1. The van der Waals surface area contributed by atoms with Gasteiger partial charge in [-0.15, -0.1) is 0 Å². The molecule has 0 amide bonds. The lowest BCUT2D eigenvalue weighted by atomic mass is 10.1. The fourth-order valence-corrected chi connectivity index (χ4v) is 2.59. The van der Waals surface area contributed by atoms with Crippen molar-refractivity contribution in [3.05, 3.63) is 58.0 Å². The van der Waals surface area contributed by atoms with E-state index in [1.165, 1.54) is 7.11 Å². The SMILES string of the molecule is COc1ccc(-c2noc(COC(=O)c3cc(OC)c(OC(F)F)cc3[N+](=O)[O-])n2)cc1. The zero-order valence-corrected chi connectivity index (χ0v) is 16.6. The molecule has 0 aliphatic heterocycles. The number of rotatable bonds is 9. The Morgan fingerprint density at radius 3 is 2.47 bits per heavy atom. The highest BCUT2D eigenvalue weighted by molar-refractivity contribution is 5.95. The summed E-state index contributed by atoms with van der Waals surface area (Å²) < 4.78 is 49.2. The van der Waals surface area contributed by atoms with Gasteiger partial charge >= 0.3 is 12.6 Å². The largest absolute Gasteiger partial charge is 0.497 e. The number of esters is 1. The Balaban J connectivity index is 1.77. The highest BCUT2D eigenvalue weighted by Crippen LogP contribution is 2.36. The first-order valence-electron chi connectivity index (χ1n) is 8.77. The molecule has 32 heavy (non-hydrogen) atoms. The van der Waals surface area contributed by atoms with Crippen LogP contribution in [0.5, 0.6) is 17.2 Å². The average Bonchev–Trinajstić information content (AvgIpc) is 3.25. The number of benzene rings is 2. The van der Waals surface area contributed by atoms with Gasteiger partial charge in [-0.25, -0.2) is 4.79 Å². The summed E-state index contributed by atoms with van der Waals surface area (Å²) in [4.78, 5) is 26.9. The lowest BCUT2D eigenvalue weighted by Gasteiger charge is -2.11. The van der Waals surface area contributed by atoms with Crippen molar-refractivity contribution in [3.63, 3.8) is 0 Å². The van der Waals surface area contributed by atoms with Crippen molar-refractivity contribution >= 4 is 11.7 Å². The molecule has 1 aromatic heterocycles. The molecule has 3 aromatic rings. The van der Waals surface area contributed by atoms with E-state index in [0.717, 1.165) is 13.2 Å². The Morgan fingerprint density at radius 1 is 1.16 bits per heavy atom. The molecule has 0 spiro atoms. The summed E-state index contributed by atoms with van der Waals surface area (Å²) in [6.07, 6.45) is 0. The van der Waals surface area contributed by atoms with E-state index in [1.54, 1.807) is 24.3 Å². The maximum absolute atomic E-state index is 12.5. The van der Waals surface area contributed by atoms with Gasteiger partial charge in [-0.1, -0.05) is 5.16 Å². The molecule has 0 fully saturated rings. The van der Waals surface area contributed by atoms with E-state index in [2.05, 4.69) is 14.9 Å². The Kier molecular flexibility index (Phi) is 6.77. The van der Waals surface area contributed by atoms with Gasteiger partial charge in [0.1, 0.15) is 11.3 Å². The van der Waals surface area contributed by atoms with Crippen molar-refractivity contribution in [1.29, 1.82) is 0 Å². The second-order valence-corrected chi connectivity index (χ2v) is 5.97. The number of nitrogens with zero attached hydrogens (tertiary/aromatic N) is 3. The van der Waals surface area contributed by atoms with Crippen LogP contribution in [0.4, 0.5) is 14.5 Å². The van der Waals surface area contributed by atoms with Crippen molar-refractivity contribution in [2.45, 2.75) is 13.2 Å². The third kappa shape index (κ3) is 5.06. The molecule has 1 heterocycles. The molecule has 0 unspecified atom stereocenters. The van der Waals surface area contributed by atoms with E-state index >= 15 is 0 Å². The highest BCUT2D eigenvalue weighted by atomic mass is 19.3. The fraction of sp³-hybridized carbons (Fsp3) is 0.211. The summed E-state index contributed by atoms with van der Waals surface area (Å²) in [6, 6.07) is 8.29. The number of carbonyl (C=O) groups excluding carboxylic acids is 1. The van der Waals surface area contributed by atoms with Crippen molar-refractivity contribution in [1.82, 2.24) is 10.1 Å². The number of alkyl halides is 2. The van der Waals surface area contributed by atoms with Gasteiger partial charge in [0.25, 0.3) is 11.6 Å². The van der Waals surface area contributed by atoms with E-state index in [-0.39, 0.29) is 17.5 Å². The number of ether oxygens (including phenoxy) is 4. The van der Waals surface area contributed by atoms with Crippen LogP contribution in [0, 0.1) is 10.1 Å². The molecular weight excluding hydrogens is 436 g/mol. The van der Waals surface area contributed by atoms with E-state index < -0.39 is 41.1 Å². The summed E-state index contributed by atoms with van der Waals surface area (Å²) >= 11 is 0. The third-order valence-corrected chi connectivity index (χ3v) is 4.06. The average molecular weight is 451 g/mol.